The van der Waals surface area contributed by atoms with E-state index in [4.69, 9.17) is 4.74 Å². The Balaban J connectivity index is 0.00000338. The molecule has 0 aliphatic carbocycles. The molecule has 1 aromatic carbocycles. The molecule has 0 radical (unpaired) electrons. The largest absolute Gasteiger partial charge is 0.383 e. The maximum Gasteiger partial charge on any atom is 0.240 e. The lowest BCUT2D eigenvalue weighted by molar-refractivity contribution is -0.121. The van der Waals surface area contributed by atoms with Crippen LogP contribution >= 0.6 is 12.4 Å². The molecule has 1 saturated heterocycles. The van der Waals surface area contributed by atoms with E-state index in [0.29, 0.717) is 30.4 Å². The first-order valence-electron chi connectivity index (χ1n) is 8.21. The summed E-state index contributed by atoms with van der Waals surface area (Å²) in [6.45, 7) is 4.56. The van der Waals surface area contributed by atoms with Gasteiger partial charge in [0.25, 0.3) is 0 Å². The molecular formula is C16H27ClN4O4S. The van der Waals surface area contributed by atoms with Crippen molar-refractivity contribution in [2.75, 3.05) is 51.0 Å². The fourth-order valence-electron chi connectivity index (χ4n) is 2.48. The van der Waals surface area contributed by atoms with Crippen LogP contribution in [0.5, 0.6) is 0 Å². The molecule has 1 aliphatic rings. The van der Waals surface area contributed by atoms with Crippen LogP contribution in [-0.2, 0) is 19.6 Å². The molecule has 0 aromatic heterocycles. The lowest BCUT2D eigenvalue weighted by Gasteiger charge is -2.31. The van der Waals surface area contributed by atoms with Gasteiger partial charge in [-0.05, 0) is 44.3 Å². The molecule has 10 heteroatoms. The lowest BCUT2D eigenvalue weighted by Crippen LogP contribution is -2.48. The zero-order valence-corrected chi connectivity index (χ0v) is 16.8. The highest BCUT2D eigenvalue weighted by molar-refractivity contribution is 7.89. The molecule has 1 fully saturated rings. The quantitative estimate of drug-likeness (QED) is 0.453. The first kappa shape index (κ1) is 22.7. The number of anilines is 2. The first-order chi connectivity index (χ1) is 11.9. The zero-order chi connectivity index (χ0) is 18.4. The number of ether oxygens (including phenoxy) is 1. The second-order valence-corrected chi connectivity index (χ2v) is 7.92. The van der Waals surface area contributed by atoms with Crippen LogP contribution < -0.4 is 20.7 Å². The van der Waals surface area contributed by atoms with Gasteiger partial charge in [-0.2, -0.15) is 0 Å². The van der Waals surface area contributed by atoms with E-state index in [-0.39, 0.29) is 29.1 Å². The Morgan fingerprint density at radius 1 is 1.35 bits per heavy atom. The third kappa shape index (κ3) is 5.55. The molecule has 148 valence electrons. The van der Waals surface area contributed by atoms with Gasteiger partial charge in [0.1, 0.15) is 0 Å². The van der Waals surface area contributed by atoms with Gasteiger partial charge in [-0.15, -0.1) is 12.4 Å². The van der Waals surface area contributed by atoms with E-state index in [1.165, 1.54) is 19.2 Å². The fourth-order valence-corrected chi connectivity index (χ4v) is 3.23. The molecule has 4 N–H and O–H groups in total. The van der Waals surface area contributed by atoms with Crippen LogP contribution in [-0.4, -0.2) is 54.7 Å². The summed E-state index contributed by atoms with van der Waals surface area (Å²) in [7, 11) is -0.643. The molecule has 1 heterocycles. The maximum absolute atomic E-state index is 12.5. The molecule has 26 heavy (non-hydrogen) atoms. The van der Waals surface area contributed by atoms with Crippen LogP contribution in [0.15, 0.2) is 23.1 Å². The van der Waals surface area contributed by atoms with E-state index in [1.54, 1.807) is 13.2 Å². The van der Waals surface area contributed by atoms with Crippen molar-refractivity contribution in [1.82, 2.24) is 10.0 Å². The number of nitrogens with one attached hydrogen (secondary N) is 4. The average molecular weight is 407 g/mol. The number of halogens is 1. The number of benzene rings is 1. The predicted octanol–water partition coefficient (Wildman–Crippen LogP) is 0.869. The Hall–Kier alpha value is -1.39. The highest BCUT2D eigenvalue weighted by atomic mass is 35.5. The van der Waals surface area contributed by atoms with E-state index in [2.05, 4.69) is 20.7 Å². The Morgan fingerprint density at radius 3 is 2.58 bits per heavy atom. The second-order valence-electron chi connectivity index (χ2n) is 6.03. The summed E-state index contributed by atoms with van der Waals surface area (Å²) in [5.41, 5.74) is 1.09. The predicted molar refractivity (Wildman–Crippen MR) is 104 cm³/mol. The monoisotopic (exact) mass is 406 g/mol. The summed E-state index contributed by atoms with van der Waals surface area (Å²) in [4.78, 5) is 12.6. The Morgan fingerprint density at radius 2 is 2.04 bits per heavy atom. The van der Waals surface area contributed by atoms with Crippen LogP contribution in [0.1, 0.15) is 6.92 Å². The number of amides is 1. The molecular weight excluding hydrogens is 380 g/mol. The Bertz CT molecular complexity index is 710. The van der Waals surface area contributed by atoms with Crippen molar-refractivity contribution in [3.63, 3.8) is 0 Å². The van der Waals surface area contributed by atoms with Gasteiger partial charge >= 0.3 is 0 Å². The standard InChI is InChI=1S/C16H26N4O4S.ClH/c1-11(12-9-18-10-12)16(21)20-15-8-13(25(22,23)17-2)4-5-14(15)19-6-7-24-3;/h4-5,8,11-12,17-19H,6-7,9-10H2,1-3H3,(H,20,21);1H. The summed E-state index contributed by atoms with van der Waals surface area (Å²) in [5, 5.41) is 9.16. The summed E-state index contributed by atoms with van der Waals surface area (Å²) in [5.74, 6) is 0.0204. The summed E-state index contributed by atoms with van der Waals surface area (Å²) >= 11 is 0. The van der Waals surface area contributed by atoms with Crippen LogP contribution in [0.2, 0.25) is 0 Å². The van der Waals surface area contributed by atoms with E-state index in [1.807, 2.05) is 6.92 Å². The van der Waals surface area contributed by atoms with E-state index < -0.39 is 10.0 Å². The number of rotatable bonds is 9. The van der Waals surface area contributed by atoms with Gasteiger partial charge in [0.05, 0.1) is 22.9 Å². The average Bonchev–Trinajstić information content (AvgIpc) is 2.54. The van der Waals surface area contributed by atoms with Gasteiger partial charge in [0.15, 0.2) is 0 Å². The van der Waals surface area contributed by atoms with Crippen LogP contribution in [0.25, 0.3) is 0 Å². The number of sulfonamides is 1. The minimum atomic E-state index is -3.59. The Kier molecular flexibility index (Phi) is 8.78. The molecule has 1 aliphatic heterocycles. The number of methoxy groups -OCH3 is 1. The SMILES string of the molecule is CNS(=O)(=O)c1ccc(NCCOC)c(NC(=O)C(C)C2CNC2)c1.Cl. The fraction of sp³-hybridized carbons (Fsp3) is 0.562. The van der Waals surface area contributed by atoms with E-state index in [9.17, 15) is 13.2 Å². The van der Waals surface area contributed by atoms with Gasteiger partial charge < -0.3 is 20.7 Å². The van der Waals surface area contributed by atoms with Crippen LogP contribution in [0.4, 0.5) is 11.4 Å². The molecule has 0 spiro atoms. The summed E-state index contributed by atoms with van der Waals surface area (Å²) in [6, 6.07) is 4.60. The highest BCUT2D eigenvalue weighted by Gasteiger charge is 2.29. The number of hydrogen-bond donors (Lipinski definition) is 4. The smallest absolute Gasteiger partial charge is 0.240 e. The van der Waals surface area contributed by atoms with E-state index in [0.717, 1.165) is 13.1 Å². The normalized spacial score (nSPS) is 15.5. The number of hydrogen-bond acceptors (Lipinski definition) is 6. The third-order valence-corrected chi connectivity index (χ3v) is 5.80. The van der Waals surface area contributed by atoms with Crippen molar-refractivity contribution in [2.24, 2.45) is 11.8 Å². The second kappa shape index (κ2) is 10.1. The van der Waals surface area contributed by atoms with Crippen molar-refractivity contribution in [3.8, 4) is 0 Å². The third-order valence-electron chi connectivity index (χ3n) is 4.38. The zero-order valence-electron chi connectivity index (χ0n) is 15.2. The van der Waals surface area contributed by atoms with Gasteiger partial charge in [-0.3, -0.25) is 4.79 Å². The van der Waals surface area contributed by atoms with Gasteiger partial charge in [0.2, 0.25) is 15.9 Å². The molecule has 1 amide bonds. The van der Waals surface area contributed by atoms with Crippen molar-refractivity contribution in [1.29, 1.82) is 0 Å². The summed E-state index contributed by atoms with van der Waals surface area (Å²) in [6.07, 6.45) is 0. The minimum Gasteiger partial charge on any atom is -0.383 e. The van der Waals surface area contributed by atoms with Gasteiger partial charge in [-0.1, -0.05) is 6.92 Å². The molecule has 2 rings (SSSR count). The van der Waals surface area contributed by atoms with Gasteiger partial charge in [0, 0.05) is 19.6 Å². The molecule has 0 saturated carbocycles. The lowest BCUT2D eigenvalue weighted by atomic mass is 9.88. The molecule has 1 unspecified atom stereocenters. The van der Waals surface area contributed by atoms with Crippen molar-refractivity contribution < 1.29 is 17.9 Å². The minimum absolute atomic E-state index is 0. The van der Waals surface area contributed by atoms with Crippen molar-refractivity contribution >= 4 is 39.7 Å². The number of carbonyl (C=O) groups excluding carboxylic acids is 1. The van der Waals surface area contributed by atoms with Gasteiger partial charge in [-0.25, -0.2) is 13.1 Å². The molecule has 1 aromatic rings. The molecule has 0 bridgehead atoms. The van der Waals surface area contributed by atoms with Crippen molar-refractivity contribution in [3.05, 3.63) is 18.2 Å². The van der Waals surface area contributed by atoms with Crippen molar-refractivity contribution in [2.45, 2.75) is 11.8 Å². The topological polar surface area (TPSA) is 109 Å². The molecule has 8 nitrogen and oxygen atoms in total. The van der Waals surface area contributed by atoms with Crippen LogP contribution in [0, 0.1) is 11.8 Å². The van der Waals surface area contributed by atoms with E-state index >= 15 is 0 Å². The molecule has 1 atom stereocenters. The summed E-state index contributed by atoms with van der Waals surface area (Å²) < 4.78 is 31.4. The maximum atomic E-state index is 12.5. The highest BCUT2D eigenvalue weighted by Crippen LogP contribution is 2.27. The first-order valence-corrected chi connectivity index (χ1v) is 9.69. The Labute approximate surface area is 160 Å². The van der Waals surface area contributed by atoms with Crippen LogP contribution in [0.3, 0.4) is 0 Å². The number of carbonyl (C=O) groups is 1.